The van der Waals surface area contributed by atoms with Gasteiger partial charge in [0, 0.05) is 28.3 Å². The van der Waals surface area contributed by atoms with Crippen molar-refractivity contribution in [3.63, 3.8) is 0 Å². The molecule has 0 radical (unpaired) electrons. The third kappa shape index (κ3) is 9.21. The summed E-state index contributed by atoms with van der Waals surface area (Å²) in [7, 11) is 0. The number of nitrogens with zero attached hydrogens (tertiary/aromatic N) is 2. The second-order valence-electron chi connectivity index (χ2n) is 20.3. The van der Waals surface area contributed by atoms with E-state index in [0.29, 0.717) is 0 Å². The van der Waals surface area contributed by atoms with Crippen LogP contribution in [-0.4, -0.2) is 5.54 Å². The van der Waals surface area contributed by atoms with Crippen LogP contribution in [0, 0.1) is 0 Å². The largest absolute Gasteiger partial charge is 0.331 e. The first-order valence-electron chi connectivity index (χ1n) is 26.7. The number of hydrogen-bond donors (Lipinski definition) is 0. The molecule has 0 amide bonds. The highest BCUT2D eigenvalue weighted by Gasteiger charge is 2.39. The van der Waals surface area contributed by atoms with Gasteiger partial charge in [0.1, 0.15) is 0 Å². The lowest BCUT2D eigenvalue weighted by molar-refractivity contribution is 0.589. The van der Waals surface area contributed by atoms with Crippen LogP contribution in [0.25, 0.3) is 82.8 Å². The predicted molar refractivity (Wildman–Crippen MR) is 328 cm³/mol. The van der Waals surface area contributed by atoms with Gasteiger partial charge in [-0.3, -0.25) is 0 Å². The fourth-order valence-corrected chi connectivity index (χ4v) is 11.5. The molecule has 0 bridgehead atoms. The molecule has 77 heavy (non-hydrogen) atoms. The van der Waals surface area contributed by atoms with E-state index >= 15 is 0 Å². The molecule has 0 aliphatic heterocycles. The lowest BCUT2D eigenvalue weighted by Gasteiger charge is -2.46. The minimum Gasteiger partial charge on any atom is -0.331 e. The van der Waals surface area contributed by atoms with E-state index in [1.165, 1.54) is 82.8 Å². The standard InChI is InChI=1S/C75H56N2/c1-75(77(68-47-39-59(40-48-68)55-20-6-3-7-21-55)69-49-41-61(42-50-69)65-34-32-57-23-9-11-25-63(57)53-65)51-17-16-29-73(75)71-27-13-12-26-70(71)72-28-14-15-30-74(72)76(66-43-35-58(36-44-66)54-18-4-2-5-19-54)67-45-37-60(38-46-67)64-33-31-56-22-8-10-24-62(56)52-64/h2-50,52-53H,51H2,1H3. The Labute approximate surface area is 452 Å². The minimum absolute atomic E-state index is 0.510. The van der Waals surface area contributed by atoms with Gasteiger partial charge in [0.25, 0.3) is 0 Å². The molecule has 0 aromatic heterocycles. The van der Waals surface area contributed by atoms with E-state index in [4.69, 9.17) is 0 Å². The Morgan fingerprint density at radius 1 is 0.299 bits per heavy atom. The summed E-state index contributed by atoms with van der Waals surface area (Å²) in [6.07, 6.45) is 7.73. The summed E-state index contributed by atoms with van der Waals surface area (Å²) >= 11 is 0. The van der Waals surface area contributed by atoms with Crippen molar-refractivity contribution in [3.05, 3.63) is 315 Å². The highest BCUT2D eigenvalue weighted by atomic mass is 15.2. The number of benzene rings is 12. The van der Waals surface area contributed by atoms with Gasteiger partial charge in [0.05, 0.1) is 11.2 Å². The molecule has 0 heterocycles. The summed E-state index contributed by atoms with van der Waals surface area (Å²) in [5.41, 5.74) is 19.3. The molecule has 0 N–H and O–H groups in total. The van der Waals surface area contributed by atoms with Crippen molar-refractivity contribution in [2.45, 2.75) is 18.9 Å². The number of hydrogen-bond acceptors (Lipinski definition) is 2. The zero-order valence-corrected chi connectivity index (χ0v) is 43.0. The molecule has 1 aliphatic rings. The molecule has 2 nitrogen and oxygen atoms in total. The van der Waals surface area contributed by atoms with Crippen LogP contribution in [0.3, 0.4) is 0 Å². The normalized spacial score (nSPS) is 14.1. The Morgan fingerprint density at radius 2 is 0.662 bits per heavy atom. The van der Waals surface area contributed by atoms with E-state index in [9.17, 15) is 0 Å². The maximum absolute atomic E-state index is 2.57. The van der Waals surface area contributed by atoms with Gasteiger partial charge in [-0.1, -0.05) is 243 Å². The van der Waals surface area contributed by atoms with Crippen LogP contribution in [0.15, 0.2) is 309 Å². The van der Waals surface area contributed by atoms with E-state index in [1.54, 1.807) is 0 Å². The van der Waals surface area contributed by atoms with Gasteiger partial charge < -0.3 is 9.80 Å². The monoisotopic (exact) mass is 984 g/mol. The van der Waals surface area contributed by atoms with Crippen LogP contribution in [0.1, 0.15) is 18.9 Å². The van der Waals surface area contributed by atoms with Crippen LogP contribution >= 0.6 is 0 Å². The lowest BCUT2D eigenvalue weighted by Crippen LogP contribution is -2.45. The van der Waals surface area contributed by atoms with Crippen molar-refractivity contribution in [2.24, 2.45) is 0 Å². The Hall–Kier alpha value is -9.76. The summed E-state index contributed by atoms with van der Waals surface area (Å²) in [4.78, 5) is 5.00. The molecule has 0 fully saturated rings. The number of fused-ring (bicyclic) bond motifs is 2. The van der Waals surface area contributed by atoms with E-state index in [2.05, 4.69) is 326 Å². The Morgan fingerprint density at radius 3 is 1.16 bits per heavy atom. The summed E-state index contributed by atoms with van der Waals surface area (Å²) in [6, 6.07) is 106. The van der Waals surface area contributed by atoms with Crippen molar-refractivity contribution in [1.29, 1.82) is 0 Å². The Bertz CT molecular complexity index is 4100. The van der Waals surface area contributed by atoms with Crippen LogP contribution in [0.4, 0.5) is 28.4 Å². The summed E-state index contributed by atoms with van der Waals surface area (Å²) in [5, 5.41) is 4.97. The minimum atomic E-state index is -0.510. The van der Waals surface area contributed by atoms with E-state index in [1.807, 2.05) is 0 Å². The quantitative estimate of drug-likeness (QED) is 0.120. The first-order valence-corrected chi connectivity index (χ1v) is 26.7. The van der Waals surface area contributed by atoms with Gasteiger partial charge in [-0.05, 0) is 163 Å². The van der Waals surface area contributed by atoms with Crippen molar-refractivity contribution < 1.29 is 0 Å². The van der Waals surface area contributed by atoms with Gasteiger partial charge in [-0.2, -0.15) is 0 Å². The first kappa shape index (κ1) is 47.0. The summed E-state index contributed by atoms with van der Waals surface area (Å²) in [6.45, 7) is 2.42. The average molecular weight is 985 g/mol. The Balaban J connectivity index is 0.925. The van der Waals surface area contributed by atoms with Crippen molar-refractivity contribution in [1.82, 2.24) is 0 Å². The second-order valence-corrected chi connectivity index (χ2v) is 20.3. The molecule has 1 atom stereocenters. The zero-order valence-electron chi connectivity index (χ0n) is 43.0. The van der Waals surface area contributed by atoms with Crippen LogP contribution in [0.2, 0.25) is 0 Å². The smallest absolute Gasteiger partial charge is 0.0714 e. The third-order valence-electron chi connectivity index (χ3n) is 15.5. The number of para-hydroxylation sites is 1. The molecule has 12 aromatic carbocycles. The summed E-state index contributed by atoms with van der Waals surface area (Å²) < 4.78 is 0. The van der Waals surface area contributed by atoms with Gasteiger partial charge in [0.15, 0.2) is 0 Å². The molecule has 1 unspecified atom stereocenters. The molecule has 0 saturated carbocycles. The Kier molecular flexibility index (Phi) is 12.5. The molecular formula is C75H56N2. The highest BCUT2D eigenvalue weighted by Crippen LogP contribution is 2.50. The van der Waals surface area contributed by atoms with Crippen molar-refractivity contribution >= 4 is 55.6 Å². The van der Waals surface area contributed by atoms with Crippen LogP contribution in [0.5, 0.6) is 0 Å². The molecule has 1 aliphatic carbocycles. The number of rotatable bonds is 12. The molecule has 0 spiro atoms. The van der Waals surface area contributed by atoms with E-state index in [0.717, 1.165) is 40.4 Å². The topological polar surface area (TPSA) is 6.48 Å². The molecule has 12 aromatic rings. The fraction of sp³-hybridized carbons (Fsp3) is 0.0400. The average Bonchev–Trinajstić information content (AvgIpc) is 3.56. The van der Waals surface area contributed by atoms with E-state index < -0.39 is 5.54 Å². The molecule has 13 rings (SSSR count). The van der Waals surface area contributed by atoms with Gasteiger partial charge >= 0.3 is 0 Å². The van der Waals surface area contributed by atoms with Crippen LogP contribution < -0.4 is 9.80 Å². The second kappa shape index (κ2) is 20.5. The highest BCUT2D eigenvalue weighted by molar-refractivity contribution is 5.97. The summed E-state index contributed by atoms with van der Waals surface area (Å²) in [5.74, 6) is 0. The van der Waals surface area contributed by atoms with Gasteiger partial charge in [-0.15, -0.1) is 0 Å². The van der Waals surface area contributed by atoms with Crippen molar-refractivity contribution in [3.8, 4) is 55.6 Å². The van der Waals surface area contributed by atoms with Gasteiger partial charge in [-0.25, -0.2) is 0 Å². The maximum atomic E-state index is 2.57. The van der Waals surface area contributed by atoms with E-state index in [-0.39, 0.29) is 0 Å². The fourth-order valence-electron chi connectivity index (χ4n) is 11.5. The first-order chi connectivity index (χ1) is 38.0. The van der Waals surface area contributed by atoms with Crippen molar-refractivity contribution in [2.75, 3.05) is 9.80 Å². The molecule has 0 saturated heterocycles. The molecular weight excluding hydrogens is 929 g/mol. The number of allylic oxidation sites excluding steroid dienone is 2. The molecule has 2 heteroatoms. The maximum Gasteiger partial charge on any atom is 0.0714 e. The van der Waals surface area contributed by atoms with Crippen LogP contribution in [-0.2, 0) is 0 Å². The number of anilines is 5. The lowest BCUT2D eigenvalue weighted by atomic mass is 9.76. The molecule has 366 valence electrons. The zero-order chi connectivity index (χ0) is 51.5. The SMILES string of the molecule is CC1(N(c2ccc(-c3ccccc3)cc2)c2ccc(-c3ccc4ccccc4c3)cc2)CC=CC=C1c1ccccc1-c1ccccc1N(c1ccc(-c2ccccc2)cc1)c1ccc(-c2ccc3ccccc3c2)cc1. The predicted octanol–water partition coefficient (Wildman–Crippen LogP) is 20.7. The third-order valence-corrected chi connectivity index (χ3v) is 15.5. The van der Waals surface area contributed by atoms with Gasteiger partial charge in [0.2, 0.25) is 0 Å².